The number of nitrogens with zero attached hydrogens (tertiary/aromatic N) is 2. The summed E-state index contributed by atoms with van der Waals surface area (Å²) in [6.07, 6.45) is -4.51. The van der Waals surface area contributed by atoms with Gasteiger partial charge in [0.25, 0.3) is 0 Å². The fraction of sp³-hybridized carbons (Fsp3) is 0.182. The van der Waals surface area contributed by atoms with E-state index in [4.69, 9.17) is 5.11 Å². The summed E-state index contributed by atoms with van der Waals surface area (Å²) in [4.78, 5) is 10.8. The third kappa shape index (κ3) is 3.44. The molecule has 0 saturated carbocycles. The first-order valence-electron chi connectivity index (χ1n) is 5.33. The van der Waals surface area contributed by atoms with Gasteiger partial charge in [0.2, 0.25) is 10.1 Å². The van der Waals surface area contributed by atoms with Crippen LogP contribution in [0.5, 0.6) is 0 Å². The minimum absolute atomic E-state index is 0.0260. The number of aromatic carboxylic acids is 1. The van der Waals surface area contributed by atoms with Crippen molar-refractivity contribution >= 4 is 22.4 Å². The Morgan fingerprint density at radius 3 is 2.70 bits per heavy atom. The molecule has 0 unspecified atom stereocenters. The summed E-state index contributed by atoms with van der Waals surface area (Å²) in [5.41, 5.74) is 0.728. The Kier molecular flexibility index (Phi) is 3.89. The molecule has 2 rings (SSSR count). The zero-order valence-corrected chi connectivity index (χ0v) is 10.6. The molecule has 5 nitrogen and oxygen atoms in total. The van der Waals surface area contributed by atoms with Crippen molar-refractivity contribution in [1.29, 1.82) is 0 Å². The molecule has 0 fully saturated rings. The molecule has 0 saturated heterocycles. The lowest BCUT2D eigenvalue weighted by atomic mass is 10.1. The second-order valence-electron chi connectivity index (χ2n) is 3.77. The number of benzene rings is 1. The van der Waals surface area contributed by atoms with Crippen molar-refractivity contribution in [3.63, 3.8) is 0 Å². The Bertz CT molecular complexity index is 627. The molecule has 1 aromatic carbocycles. The van der Waals surface area contributed by atoms with Crippen LogP contribution in [0, 0.1) is 0 Å². The van der Waals surface area contributed by atoms with E-state index in [0.717, 1.165) is 0 Å². The van der Waals surface area contributed by atoms with Gasteiger partial charge >= 0.3 is 12.1 Å². The van der Waals surface area contributed by atoms with Crippen molar-refractivity contribution < 1.29 is 23.1 Å². The summed E-state index contributed by atoms with van der Waals surface area (Å²) in [6, 6.07) is 6.08. The molecule has 0 aliphatic carbocycles. The zero-order chi connectivity index (χ0) is 14.8. The molecule has 2 N–H and O–H groups in total. The third-order valence-corrected chi connectivity index (χ3v) is 3.21. The molecule has 1 heterocycles. The fourth-order valence-electron chi connectivity index (χ4n) is 1.40. The summed E-state index contributed by atoms with van der Waals surface area (Å²) in [6.45, 7) is 0.160. The minimum atomic E-state index is -4.51. The summed E-state index contributed by atoms with van der Waals surface area (Å²) in [5, 5.41) is 16.9. The second-order valence-corrected chi connectivity index (χ2v) is 4.75. The van der Waals surface area contributed by atoms with Gasteiger partial charge in [0.05, 0.1) is 5.56 Å². The largest absolute Gasteiger partial charge is 0.478 e. The molecular formula is C11H8F3N3O2S. The maximum absolute atomic E-state index is 12.3. The van der Waals surface area contributed by atoms with Crippen LogP contribution in [0.4, 0.5) is 18.3 Å². The number of anilines is 1. The Morgan fingerprint density at radius 1 is 1.35 bits per heavy atom. The van der Waals surface area contributed by atoms with Crippen LogP contribution < -0.4 is 5.32 Å². The number of hydrogen-bond donors (Lipinski definition) is 2. The van der Waals surface area contributed by atoms with Gasteiger partial charge in [-0.1, -0.05) is 23.5 Å². The number of hydrogen-bond acceptors (Lipinski definition) is 5. The van der Waals surface area contributed by atoms with Crippen LogP contribution in [0.3, 0.4) is 0 Å². The van der Waals surface area contributed by atoms with Crippen LogP contribution in [0.2, 0.25) is 0 Å². The average Bonchev–Trinajstić information content (AvgIpc) is 2.85. The minimum Gasteiger partial charge on any atom is -0.478 e. The first-order valence-corrected chi connectivity index (χ1v) is 6.15. The van der Waals surface area contributed by atoms with E-state index >= 15 is 0 Å². The molecule has 0 aliphatic heterocycles. The van der Waals surface area contributed by atoms with Crippen molar-refractivity contribution in [1.82, 2.24) is 10.2 Å². The van der Waals surface area contributed by atoms with Crippen molar-refractivity contribution in [2.24, 2.45) is 0 Å². The maximum atomic E-state index is 12.3. The first kappa shape index (κ1) is 14.3. The Hall–Kier alpha value is -2.16. The molecule has 0 amide bonds. The Balaban J connectivity index is 2.04. The van der Waals surface area contributed by atoms with E-state index in [1.807, 2.05) is 0 Å². The highest BCUT2D eigenvalue weighted by atomic mass is 32.1. The zero-order valence-electron chi connectivity index (χ0n) is 9.81. The van der Waals surface area contributed by atoms with Gasteiger partial charge in [0.1, 0.15) is 0 Å². The lowest BCUT2D eigenvalue weighted by Gasteiger charge is -2.03. The van der Waals surface area contributed by atoms with Crippen molar-refractivity contribution in [2.75, 3.05) is 5.32 Å². The predicted octanol–water partition coefficient (Wildman–Crippen LogP) is 2.87. The standard InChI is InChI=1S/C11H8F3N3O2S/c12-11(13,14)9-16-17-10(20-9)15-5-6-2-1-3-7(4-6)8(18)19/h1-4H,5H2,(H,15,17)(H,18,19). The number of aromatic nitrogens is 2. The van der Waals surface area contributed by atoms with Gasteiger partial charge in [-0.25, -0.2) is 4.79 Å². The van der Waals surface area contributed by atoms with E-state index in [-0.39, 0.29) is 17.2 Å². The fourth-order valence-corrected chi connectivity index (χ4v) is 2.01. The number of nitrogens with one attached hydrogen (secondary N) is 1. The van der Waals surface area contributed by atoms with Crippen LogP contribution in [0.25, 0.3) is 0 Å². The summed E-state index contributed by atoms with van der Waals surface area (Å²) in [5.74, 6) is -1.07. The van der Waals surface area contributed by atoms with Crippen molar-refractivity contribution in [2.45, 2.75) is 12.7 Å². The van der Waals surface area contributed by atoms with Crippen LogP contribution in [0.15, 0.2) is 24.3 Å². The third-order valence-electron chi connectivity index (χ3n) is 2.29. The number of carboxylic acids is 1. The van der Waals surface area contributed by atoms with Crippen molar-refractivity contribution in [3.8, 4) is 0 Å². The number of halogens is 3. The van der Waals surface area contributed by atoms with Gasteiger partial charge in [-0.2, -0.15) is 13.2 Å². The van der Waals surface area contributed by atoms with Gasteiger partial charge in [-0.05, 0) is 17.7 Å². The molecule has 0 atom stereocenters. The van der Waals surface area contributed by atoms with E-state index in [1.165, 1.54) is 12.1 Å². The molecule has 2 aromatic rings. The lowest BCUT2D eigenvalue weighted by Crippen LogP contribution is -2.03. The average molecular weight is 303 g/mol. The summed E-state index contributed by atoms with van der Waals surface area (Å²) < 4.78 is 37.0. The topological polar surface area (TPSA) is 75.1 Å². The van der Waals surface area contributed by atoms with Gasteiger partial charge in [-0.3, -0.25) is 0 Å². The number of alkyl halides is 3. The van der Waals surface area contributed by atoms with E-state index < -0.39 is 17.2 Å². The second kappa shape index (κ2) is 5.45. The monoisotopic (exact) mass is 303 g/mol. The normalized spacial score (nSPS) is 11.3. The molecular weight excluding hydrogens is 295 g/mol. The molecule has 1 aromatic heterocycles. The summed E-state index contributed by atoms with van der Waals surface area (Å²) >= 11 is 0.395. The molecule has 0 spiro atoms. The quantitative estimate of drug-likeness (QED) is 0.908. The van der Waals surface area contributed by atoms with Gasteiger partial charge < -0.3 is 10.4 Å². The number of carbonyl (C=O) groups is 1. The smallest absolute Gasteiger partial charge is 0.445 e. The Labute approximate surface area is 115 Å². The van der Waals surface area contributed by atoms with Crippen LogP contribution in [-0.2, 0) is 12.7 Å². The van der Waals surface area contributed by atoms with Gasteiger partial charge in [0, 0.05) is 6.54 Å². The molecule has 20 heavy (non-hydrogen) atoms. The highest BCUT2D eigenvalue weighted by molar-refractivity contribution is 7.15. The number of carboxylic acid groups (broad SMARTS) is 1. The van der Waals surface area contributed by atoms with E-state index in [2.05, 4.69) is 15.5 Å². The Morgan fingerprint density at radius 2 is 2.10 bits per heavy atom. The van der Waals surface area contributed by atoms with Gasteiger partial charge in [0.15, 0.2) is 0 Å². The van der Waals surface area contributed by atoms with Crippen LogP contribution >= 0.6 is 11.3 Å². The van der Waals surface area contributed by atoms with Crippen LogP contribution in [0.1, 0.15) is 20.9 Å². The van der Waals surface area contributed by atoms with Gasteiger partial charge in [-0.15, -0.1) is 10.2 Å². The van der Waals surface area contributed by atoms with E-state index in [0.29, 0.717) is 16.9 Å². The summed E-state index contributed by atoms with van der Waals surface area (Å²) in [7, 11) is 0. The first-order chi connectivity index (χ1) is 9.36. The van der Waals surface area contributed by atoms with E-state index in [9.17, 15) is 18.0 Å². The number of rotatable bonds is 4. The highest BCUT2D eigenvalue weighted by Gasteiger charge is 2.35. The maximum Gasteiger partial charge on any atom is 0.445 e. The molecule has 106 valence electrons. The van der Waals surface area contributed by atoms with E-state index in [1.54, 1.807) is 12.1 Å². The van der Waals surface area contributed by atoms with Crippen LogP contribution in [-0.4, -0.2) is 21.3 Å². The highest BCUT2D eigenvalue weighted by Crippen LogP contribution is 2.33. The molecule has 0 radical (unpaired) electrons. The molecule has 9 heteroatoms. The lowest BCUT2D eigenvalue weighted by molar-refractivity contribution is -0.138. The molecule has 0 bridgehead atoms. The predicted molar refractivity (Wildman–Crippen MR) is 65.6 cm³/mol. The SMILES string of the molecule is O=C(O)c1cccc(CNc2nnc(C(F)(F)F)s2)c1. The molecule has 0 aliphatic rings. The van der Waals surface area contributed by atoms with Crippen molar-refractivity contribution in [3.05, 3.63) is 40.4 Å².